The lowest BCUT2D eigenvalue weighted by atomic mass is 9.96. The van der Waals surface area contributed by atoms with Crippen molar-refractivity contribution in [1.29, 1.82) is 0 Å². The Balaban J connectivity index is 0.000000493. The van der Waals surface area contributed by atoms with E-state index >= 15 is 0 Å². The molecule has 2 aliphatic heterocycles. The molecule has 3 aromatic rings. The van der Waals surface area contributed by atoms with Crippen LogP contribution in [0, 0.1) is 0 Å². The van der Waals surface area contributed by atoms with Gasteiger partial charge in [0, 0.05) is 6.54 Å². The number of aryl methyl sites for hydroxylation is 1. The zero-order valence-corrected chi connectivity index (χ0v) is 26.3. The van der Waals surface area contributed by atoms with Crippen LogP contribution in [0.2, 0.25) is 5.04 Å². The van der Waals surface area contributed by atoms with Crippen LogP contribution in [0.25, 0.3) is 0 Å². The van der Waals surface area contributed by atoms with Gasteiger partial charge in [-0.15, -0.1) is 0 Å². The summed E-state index contributed by atoms with van der Waals surface area (Å²) in [5.41, 5.74) is 2.32. The molecule has 3 aliphatic rings. The van der Waals surface area contributed by atoms with Gasteiger partial charge in [-0.1, -0.05) is 87.5 Å². The van der Waals surface area contributed by atoms with Crippen molar-refractivity contribution in [2.75, 3.05) is 13.1 Å². The van der Waals surface area contributed by atoms with Crippen molar-refractivity contribution >= 4 is 30.6 Å². The summed E-state index contributed by atoms with van der Waals surface area (Å²) in [5, 5.41) is 13.1. The lowest BCUT2D eigenvalue weighted by Crippen LogP contribution is -2.68. The first-order chi connectivity index (χ1) is 20.8. The molecule has 0 bridgehead atoms. The Hall–Kier alpha value is -3.63. The highest BCUT2D eigenvalue weighted by atomic mass is 28.4. The summed E-state index contributed by atoms with van der Waals surface area (Å²) in [7, 11) is -2.71. The van der Waals surface area contributed by atoms with Gasteiger partial charge in [0.1, 0.15) is 5.75 Å². The molecule has 2 atom stereocenters. The largest absolute Gasteiger partial charge is 0.534 e. The molecule has 44 heavy (non-hydrogen) atoms. The maximum atomic E-state index is 13.6. The third-order valence-corrected chi connectivity index (χ3v) is 14.1. The number of fused-ring (bicyclic) bond motifs is 1. The fourth-order valence-electron chi connectivity index (χ4n) is 7.07. The van der Waals surface area contributed by atoms with Crippen molar-refractivity contribution in [2.24, 2.45) is 0 Å². The molecule has 6 nitrogen and oxygen atoms in total. The van der Waals surface area contributed by atoms with Gasteiger partial charge in [0.15, 0.2) is 0 Å². The fourth-order valence-corrected chi connectivity index (χ4v) is 11.5. The second-order valence-corrected chi connectivity index (χ2v) is 17.1. The van der Waals surface area contributed by atoms with Crippen molar-refractivity contribution in [3.05, 3.63) is 90.0 Å². The zero-order chi connectivity index (χ0) is 31.8. The first kappa shape index (κ1) is 31.8. The second-order valence-electron chi connectivity index (χ2n) is 12.8. The minimum atomic E-state index is -5.08. The van der Waals surface area contributed by atoms with Gasteiger partial charge in [0.25, 0.3) is 0 Å². The fraction of sp³-hybridized carbons (Fsp3) is 0.412. The summed E-state index contributed by atoms with van der Waals surface area (Å²) in [6, 6.07) is 28.4. The normalized spacial score (nSPS) is 21.6. The number of halogens is 3. The van der Waals surface area contributed by atoms with E-state index < -0.39 is 20.5 Å². The van der Waals surface area contributed by atoms with Crippen molar-refractivity contribution in [3.63, 3.8) is 0 Å². The third-order valence-electron chi connectivity index (χ3n) is 9.16. The van der Waals surface area contributed by atoms with E-state index in [2.05, 4.69) is 110 Å². The van der Waals surface area contributed by atoms with Gasteiger partial charge in [0.2, 0.25) is 5.91 Å². The molecule has 2 N–H and O–H groups in total. The maximum Gasteiger partial charge on any atom is 0.490 e. The van der Waals surface area contributed by atoms with E-state index in [1.165, 1.54) is 21.5 Å². The zero-order valence-electron chi connectivity index (χ0n) is 25.3. The van der Waals surface area contributed by atoms with Crippen molar-refractivity contribution in [3.8, 4) is 5.75 Å². The molecule has 234 valence electrons. The topological polar surface area (TPSA) is 78.9 Å². The molecular formula is C34H39F3N2O4Si. The Kier molecular flexibility index (Phi) is 8.70. The minimum absolute atomic E-state index is 0.0977. The van der Waals surface area contributed by atoms with Crippen LogP contribution in [0.4, 0.5) is 13.2 Å². The highest BCUT2D eigenvalue weighted by Gasteiger charge is 2.53. The highest BCUT2D eigenvalue weighted by molar-refractivity contribution is 7.00. The number of nitrogens with one attached hydrogen (secondary N) is 1. The molecular weight excluding hydrogens is 585 g/mol. The molecule has 1 spiro atoms. The Morgan fingerprint density at radius 2 is 1.57 bits per heavy atom. The molecule has 1 amide bonds. The molecule has 2 fully saturated rings. The average molecular weight is 625 g/mol. The number of likely N-dealkylation sites (tertiary alicyclic amines) is 1. The predicted octanol–water partition coefficient (Wildman–Crippen LogP) is 5.60. The van der Waals surface area contributed by atoms with E-state index in [0.29, 0.717) is 5.91 Å². The summed E-state index contributed by atoms with van der Waals surface area (Å²) in [5.74, 6) is -1.53. The SMILES string of the molecule is CC(C)(C)[Si](Oc1ccc2c(c1)C(N1CC[C@]3(CCCN3)C1=O)CC2)(c1ccccc1)c1ccccc1.O=C(O)C(F)(F)F. The molecule has 2 saturated heterocycles. The Labute approximate surface area is 257 Å². The van der Waals surface area contributed by atoms with E-state index in [1.807, 2.05) is 0 Å². The average Bonchev–Trinajstić information content (AvgIpc) is 3.71. The molecule has 0 aromatic heterocycles. The summed E-state index contributed by atoms with van der Waals surface area (Å²) in [4.78, 5) is 24.6. The molecule has 2 heterocycles. The molecule has 3 aromatic carbocycles. The first-order valence-electron chi connectivity index (χ1n) is 15.1. The molecule has 6 rings (SSSR count). The van der Waals surface area contributed by atoms with E-state index in [1.54, 1.807) is 0 Å². The van der Waals surface area contributed by atoms with Crippen LogP contribution in [0.1, 0.15) is 63.6 Å². The van der Waals surface area contributed by atoms with Crippen LogP contribution in [0.15, 0.2) is 78.9 Å². The number of hydrogen-bond acceptors (Lipinski definition) is 4. The molecule has 0 radical (unpaired) electrons. The molecule has 1 unspecified atom stereocenters. The van der Waals surface area contributed by atoms with Crippen LogP contribution in [-0.4, -0.2) is 55.0 Å². The molecule has 0 saturated carbocycles. The van der Waals surface area contributed by atoms with Crippen LogP contribution in [-0.2, 0) is 16.0 Å². The number of rotatable bonds is 5. The number of amides is 1. The number of carbonyl (C=O) groups is 2. The van der Waals surface area contributed by atoms with Gasteiger partial charge in [-0.05, 0) is 77.3 Å². The van der Waals surface area contributed by atoms with E-state index in [0.717, 1.165) is 50.9 Å². The monoisotopic (exact) mass is 624 g/mol. The molecule has 1 aliphatic carbocycles. The minimum Gasteiger partial charge on any atom is -0.534 e. The Morgan fingerprint density at radius 3 is 2.07 bits per heavy atom. The summed E-state index contributed by atoms with van der Waals surface area (Å²) >= 11 is 0. The maximum absolute atomic E-state index is 13.6. The van der Waals surface area contributed by atoms with Crippen LogP contribution in [0.5, 0.6) is 5.75 Å². The van der Waals surface area contributed by atoms with Gasteiger partial charge in [-0.2, -0.15) is 13.2 Å². The van der Waals surface area contributed by atoms with Gasteiger partial charge in [-0.25, -0.2) is 4.79 Å². The first-order valence-corrected chi connectivity index (χ1v) is 17.0. The quantitative estimate of drug-likeness (QED) is 0.362. The van der Waals surface area contributed by atoms with E-state index in [4.69, 9.17) is 14.3 Å². The van der Waals surface area contributed by atoms with Crippen LogP contribution < -0.4 is 20.1 Å². The van der Waals surface area contributed by atoms with Gasteiger partial charge in [-0.3, -0.25) is 4.79 Å². The highest BCUT2D eigenvalue weighted by Crippen LogP contribution is 2.44. The Morgan fingerprint density at radius 1 is 0.977 bits per heavy atom. The predicted molar refractivity (Wildman–Crippen MR) is 166 cm³/mol. The van der Waals surface area contributed by atoms with Crippen molar-refractivity contribution in [1.82, 2.24) is 10.2 Å². The standard InChI is InChI=1S/C32H38N2O2Si.C2HF3O2/c1-31(2,3)37(26-11-6-4-7-12-26,27-13-8-5-9-14-27)36-25-17-15-24-16-18-29(28(24)23-25)34-22-20-32(30(34)35)19-10-21-33-32;3-2(4,5)1(6)7/h4-9,11-15,17,23,29,33H,10,16,18-22H2,1-3H3;(H,6,7)/t29?,32-;/m1./s1. The smallest absolute Gasteiger partial charge is 0.490 e. The second kappa shape index (κ2) is 12.0. The number of aliphatic carboxylic acids is 1. The summed E-state index contributed by atoms with van der Waals surface area (Å²) < 4.78 is 39.1. The van der Waals surface area contributed by atoms with Crippen molar-refractivity contribution < 1.29 is 32.3 Å². The van der Waals surface area contributed by atoms with E-state index in [9.17, 15) is 18.0 Å². The lowest BCUT2D eigenvalue weighted by molar-refractivity contribution is -0.192. The van der Waals surface area contributed by atoms with Gasteiger partial charge >= 0.3 is 20.5 Å². The Bertz CT molecular complexity index is 1450. The molecule has 10 heteroatoms. The number of hydrogen-bond donors (Lipinski definition) is 2. The van der Waals surface area contributed by atoms with Gasteiger partial charge < -0.3 is 19.7 Å². The van der Waals surface area contributed by atoms with E-state index in [-0.39, 0.29) is 16.6 Å². The van der Waals surface area contributed by atoms with Gasteiger partial charge in [0.05, 0.1) is 11.6 Å². The lowest BCUT2D eigenvalue weighted by Gasteiger charge is -2.43. The van der Waals surface area contributed by atoms with Crippen LogP contribution in [0.3, 0.4) is 0 Å². The van der Waals surface area contributed by atoms with Crippen LogP contribution >= 0.6 is 0 Å². The number of carbonyl (C=O) groups excluding carboxylic acids is 1. The number of alkyl halides is 3. The summed E-state index contributed by atoms with van der Waals surface area (Å²) in [6.45, 7) is 8.73. The number of carboxylic acid groups (broad SMARTS) is 1. The summed E-state index contributed by atoms with van der Waals surface area (Å²) in [6.07, 6.45) is -0.0737. The van der Waals surface area contributed by atoms with Crippen molar-refractivity contribution in [2.45, 2.75) is 75.7 Å². The number of nitrogens with zero attached hydrogens (tertiary/aromatic N) is 1. The third kappa shape index (κ3) is 5.89. The number of benzene rings is 3. The number of carboxylic acids is 1.